The van der Waals surface area contributed by atoms with Gasteiger partial charge in [-0.1, -0.05) is 13.8 Å². The Morgan fingerprint density at radius 2 is 1.86 bits per heavy atom. The molecule has 1 amide bonds. The predicted molar refractivity (Wildman–Crippen MR) is 84.5 cm³/mol. The fraction of sp³-hybridized carbons (Fsp3) is 0.562. The summed E-state index contributed by atoms with van der Waals surface area (Å²) in [6.07, 6.45) is 0.488. The van der Waals surface area contributed by atoms with E-state index in [1.54, 1.807) is 31.2 Å². The Morgan fingerprint density at radius 1 is 1.19 bits per heavy atom. The van der Waals surface area contributed by atoms with E-state index < -0.39 is 6.10 Å². The van der Waals surface area contributed by atoms with Crippen LogP contribution in [0.1, 0.15) is 27.2 Å². The van der Waals surface area contributed by atoms with Crippen molar-refractivity contribution in [1.82, 2.24) is 0 Å². The summed E-state index contributed by atoms with van der Waals surface area (Å²) in [6, 6.07) is 7.19. The first-order chi connectivity index (χ1) is 10.0. The minimum absolute atomic E-state index is 0.144. The highest BCUT2D eigenvalue weighted by atomic mass is 16.5. The van der Waals surface area contributed by atoms with Crippen molar-refractivity contribution < 1.29 is 14.3 Å². The van der Waals surface area contributed by atoms with E-state index in [4.69, 9.17) is 15.2 Å². The highest BCUT2D eigenvalue weighted by Crippen LogP contribution is 2.16. The Balaban J connectivity index is 2.39. The SMILES string of the molecule is CC(C)CCOC(C)C(=O)Nc1ccc(OCCN)cc1. The molecule has 0 saturated heterocycles. The second kappa shape index (κ2) is 9.37. The van der Waals surface area contributed by atoms with E-state index in [0.29, 0.717) is 25.7 Å². The molecule has 3 N–H and O–H groups in total. The molecule has 1 unspecified atom stereocenters. The topological polar surface area (TPSA) is 73.6 Å². The standard InChI is InChI=1S/C16H26N2O3/c1-12(2)8-10-20-13(3)16(19)18-14-4-6-15(7-5-14)21-11-9-17/h4-7,12-13H,8-11,17H2,1-3H3,(H,18,19). The lowest BCUT2D eigenvalue weighted by Gasteiger charge is -2.14. The number of amides is 1. The molecule has 0 aromatic heterocycles. The van der Waals surface area contributed by atoms with Crippen LogP contribution in [-0.2, 0) is 9.53 Å². The van der Waals surface area contributed by atoms with Gasteiger partial charge in [-0.15, -0.1) is 0 Å². The number of nitrogens with one attached hydrogen (secondary N) is 1. The summed E-state index contributed by atoms with van der Waals surface area (Å²) in [5.74, 6) is 1.16. The molecule has 0 aliphatic carbocycles. The third-order valence-electron chi connectivity index (χ3n) is 2.94. The van der Waals surface area contributed by atoms with Crippen molar-refractivity contribution in [2.24, 2.45) is 11.7 Å². The van der Waals surface area contributed by atoms with E-state index in [9.17, 15) is 4.79 Å². The molecule has 1 aromatic rings. The van der Waals surface area contributed by atoms with Crippen molar-refractivity contribution in [3.05, 3.63) is 24.3 Å². The minimum atomic E-state index is -0.461. The smallest absolute Gasteiger partial charge is 0.253 e. The highest BCUT2D eigenvalue weighted by Gasteiger charge is 2.13. The first-order valence-corrected chi connectivity index (χ1v) is 7.38. The summed E-state index contributed by atoms with van der Waals surface area (Å²) in [5.41, 5.74) is 6.09. The van der Waals surface area contributed by atoms with Gasteiger partial charge < -0.3 is 20.5 Å². The summed E-state index contributed by atoms with van der Waals surface area (Å²) in [5, 5.41) is 2.82. The van der Waals surface area contributed by atoms with Crippen molar-refractivity contribution in [3.8, 4) is 5.75 Å². The van der Waals surface area contributed by atoms with Crippen molar-refractivity contribution in [2.45, 2.75) is 33.3 Å². The van der Waals surface area contributed by atoms with Gasteiger partial charge in [0, 0.05) is 18.8 Å². The molecular weight excluding hydrogens is 268 g/mol. The summed E-state index contributed by atoms with van der Waals surface area (Å²) >= 11 is 0. The van der Waals surface area contributed by atoms with E-state index in [2.05, 4.69) is 19.2 Å². The molecule has 0 saturated carbocycles. The first kappa shape index (κ1) is 17.5. The lowest BCUT2D eigenvalue weighted by Crippen LogP contribution is -2.28. The molecule has 0 aliphatic heterocycles. The maximum Gasteiger partial charge on any atom is 0.253 e. The van der Waals surface area contributed by atoms with Crippen LogP contribution in [0.4, 0.5) is 5.69 Å². The number of ether oxygens (including phenoxy) is 2. The van der Waals surface area contributed by atoms with Gasteiger partial charge in [0.05, 0.1) is 0 Å². The molecule has 0 bridgehead atoms. The second-order valence-corrected chi connectivity index (χ2v) is 5.35. The van der Waals surface area contributed by atoms with E-state index >= 15 is 0 Å². The van der Waals surface area contributed by atoms with Crippen molar-refractivity contribution in [3.63, 3.8) is 0 Å². The summed E-state index contributed by atoms with van der Waals surface area (Å²) in [6.45, 7) is 7.56. The van der Waals surface area contributed by atoms with Gasteiger partial charge >= 0.3 is 0 Å². The average Bonchev–Trinajstić information content (AvgIpc) is 2.46. The Labute approximate surface area is 126 Å². The van der Waals surface area contributed by atoms with Crippen molar-refractivity contribution in [1.29, 1.82) is 0 Å². The molecule has 1 rings (SSSR count). The molecule has 0 spiro atoms. The van der Waals surface area contributed by atoms with E-state index in [-0.39, 0.29) is 5.91 Å². The number of anilines is 1. The molecule has 1 aromatic carbocycles. The van der Waals surface area contributed by atoms with Gasteiger partial charge in [0.1, 0.15) is 18.5 Å². The number of rotatable bonds is 9. The van der Waals surface area contributed by atoms with Crippen LogP contribution >= 0.6 is 0 Å². The van der Waals surface area contributed by atoms with Gasteiger partial charge in [0.2, 0.25) is 0 Å². The molecule has 21 heavy (non-hydrogen) atoms. The van der Waals surface area contributed by atoms with E-state index in [1.165, 1.54) is 0 Å². The van der Waals surface area contributed by atoms with Gasteiger partial charge in [-0.3, -0.25) is 4.79 Å². The molecule has 1 atom stereocenters. The zero-order valence-electron chi connectivity index (χ0n) is 13.1. The fourth-order valence-electron chi connectivity index (χ4n) is 1.61. The first-order valence-electron chi connectivity index (χ1n) is 7.38. The monoisotopic (exact) mass is 294 g/mol. The number of hydrogen-bond acceptors (Lipinski definition) is 4. The lowest BCUT2D eigenvalue weighted by atomic mass is 10.1. The second-order valence-electron chi connectivity index (χ2n) is 5.35. The third kappa shape index (κ3) is 7.11. The van der Waals surface area contributed by atoms with Crippen LogP contribution in [0.2, 0.25) is 0 Å². The maximum atomic E-state index is 12.0. The Kier molecular flexibility index (Phi) is 7.79. The molecule has 5 heteroatoms. The van der Waals surface area contributed by atoms with Crippen molar-refractivity contribution in [2.75, 3.05) is 25.1 Å². The van der Waals surface area contributed by atoms with Gasteiger partial charge in [-0.05, 0) is 43.5 Å². The van der Waals surface area contributed by atoms with Gasteiger partial charge in [0.25, 0.3) is 5.91 Å². The third-order valence-corrected chi connectivity index (χ3v) is 2.94. The molecule has 0 radical (unpaired) electrons. The van der Waals surface area contributed by atoms with E-state index in [1.807, 2.05) is 0 Å². The van der Waals surface area contributed by atoms with Crippen LogP contribution < -0.4 is 15.8 Å². The molecular formula is C16H26N2O3. The summed E-state index contributed by atoms with van der Waals surface area (Å²) in [7, 11) is 0. The number of benzene rings is 1. The number of hydrogen-bond donors (Lipinski definition) is 2. The largest absolute Gasteiger partial charge is 0.492 e. The van der Waals surface area contributed by atoms with Crippen LogP contribution in [0.5, 0.6) is 5.75 Å². The molecule has 5 nitrogen and oxygen atoms in total. The zero-order valence-corrected chi connectivity index (χ0v) is 13.1. The molecule has 0 fully saturated rings. The fourth-order valence-corrected chi connectivity index (χ4v) is 1.61. The normalized spacial score (nSPS) is 12.2. The Bertz CT molecular complexity index is 418. The lowest BCUT2D eigenvalue weighted by molar-refractivity contribution is -0.126. The van der Waals surface area contributed by atoms with E-state index in [0.717, 1.165) is 17.9 Å². The van der Waals surface area contributed by atoms with Crippen LogP contribution in [0, 0.1) is 5.92 Å². The summed E-state index contributed by atoms with van der Waals surface area (Å²) < 4.78 is 10.9. The minimum Gasteiger partial charge on any atom is -0.492 e. The van der Waals surface area contributed by atoms with Crippen LogP contribution in [0.25, 0.3) is 0 Å². The van der Waals surface area contributed by atoms with Crippen molar-refractivity contribution >= 4 is 11.6 Å². The number of nitrogens with two attached hydrogens (primary N) is 1. The average molecular weight is 294 g/mol. The molecule has 0 heterocycles. The Morgan fingerprint density at radius 3 is 2.43 bits per heavy atom. The van der Waals surface area contributed by atoms with Gasteiger partial charge in [0.15, 0.2) is 0 Å². The number of carbonyl (C=O) groups is 1. The zero-order chi connectivity index (χ0) is 15.7. The quantitative estimate of drug-likeness (QED) is 0.733. The van der Waals surface area contributed by atoms with Gasteiger partial charge in [-0.2, -0.15) is 0 Å². The van der Waals surface area contributed by atoms with Crippen LogP contribution in [-0.4, -0.2) is 31.8 Å². The highest BCUT2D eigenvalue weighted by molar-refractivity contribution is 5.93. The Hall–Kier alpha value is -1.59. The van der Waals surface area contributed by atoms with Crippen LogP contribution in [0.15, 0.2) is 24.3 Å². The molecule has 0 aliphatic rings. The summed E-state index contributed by atoms with van der Waals surface area (Å²) in [4.78, 5) is 12.0. The number of carbonyl (C=O) groups excluding carboxylic acids is 1. The van der Waals surface area contributed by atoms with Gasteiger partial charge in [-0.25, -0.2) is 0 Å². The predicted octanol–water partition coefficient (Wildman–Crippen LogP) is 2.41. The maximum absolute atomic E-state index is 12.0. The van der Waals surface area contributed by atoms with Crippen LogP contribution in [0.3, 0.4) is 0 Å². The molecule has 118 valence electrons.